The normalized spacial score (nSPS) is 20.9. The van der Waals surface area contributed by atoms with Gasteiger partial charge in [-0.05, 0) is 58.7 Å². The second-order valence-corrected chi connectivity index (χ2v) is 7.59. The van der Waals surface area contributed by atoms with Gasteiger partial charge < -0.3 is 15.6 Å². The first kappa shape index (κ1) is 15.0. The smallest absolute Gasteiger partial charge is 0.268 e. The molecule has 118 valence electrons. The minimum Gasteiger partial charge on any atom is -0.349 e. The van der Waals surface area contributed by atoms with Crippen LogP contribution in [-0.2, 0) is 0 Å². The van der Waals surface area contributed by atoms with E-state index in [9.17, 15) is 4.79 Å². The van der Waals surface area contributed by atoms with Crippen molar-refractivity contribution in [3.63, 3.8) is 0 Å². The summed E-state index contributed by atoms with van der Waals surface area (Å²) < 4.78 is 0. The minimum atomic E-state index is -0.0588. The molecule has 1 amide bonds. The van der Waals surface area contributed by atoms with Gasteiger partial charge in [0.2, 0.25) is 0 Å². The maximum Gasteiger partial charge on any atom is 0.268 e. The SMILES string of the molecule is CC1(C)CC(NC(=O)c2cc3ncccc3[nH]2)CC(C)(C)N1. The molecule has 0 aliphatic carbocycles. The summed E-state index contributed by atoms with van der Waals surface area (Å²) in [7, 11) is 0. The lowest BCUT2D eigenvalue weighted by atomic mass is 9.79. The molecule has 2 aromatic heterocycles. The molecule has 0 saturated carbocycles. The number of aromatic nitrogens is 2. The Kier molecular flexibility index (Phi) is 3.48. The number of nitrogens with zero attached hydrogens (tertiary/aromatic N) is 1. The molecule has 5 heteroatoms. The zero-order valence-corrected chi connectivity index (χ0v) is 13.7. The summed E-state index contributed by atoms with van der Waals surface area (Å²) in [6.45, 7) is 8.72. The third-order valence-corrected chi connectivity index (χ3v) is 4.16. The molecule has 0 unspecified atom stereocenters. The van der Waals surface area contributed by atoms with Gasteiger partial charge in [-0.15, -0.1) is 0 Å². The Morgan fingerprint density at radius 1 is 1.27 bits per heavy atom. The lowest BCUT2D eigenvalue weighted by Gasteiger charge is -2.46. The number of piperidine rings is 1. The predicted octanol–water partition coefficient (Wildman–Crippen LogP) is 2.60. The van der Waals surface area contributed by atoms with E-state index >= 15 is 0 Å². The summed E-state index contributed by atoms with van der Waals surface area (Å²) in [5.74, 6) is -0.0588. The van der Waals surface area contributed by atoms with E-state index < -0.39 is 0 Å². The molecule has 0 aromatic carbocycles. The van der Waals surface area contributed by atoms with E-state index in [1.165, 1.54) is 0 Å². The van der Waals surface area contributed by atoms with Crippen LogP contribution in [0.5, 0.6) is 0 Å². The quantitative estimate of drug-likeness (QED) is 0.798. The van der Waals surface area contributed by atoms with Crippen LogP contribution in [0.15, 0.2) is 24.4 Å². The van der Waals surface area contributed by atoms with E-state index in [-0.39, 0.29) is 23.0 Å². The summed E-state index contributed by atoms with van der Waals surface area (Å²) >= 11 is 0. The van der Waals surface area contributed by atoms with Crippen molar-refractivity contribution < 1.29 is 4.79 Å². The molecule has 1 aliphatic heterocycles. The monoisotopic (exact) mass is 300 g/mol. The maximum absolute atomic E-state index is 12.5. The number of hydrogen-bond acceptors (Lipinski definition) is 3. The molecule has 5 nitrogen and oxygen atoms in total. The van der Waals surface area contributed by atoms with Gasteiger partial charge in [0.05, 0.1) is 11.0 Å². The summed E-state index contributed by atoms with van der Waals surface area (Å²) in [5, 5.41) is 6.80. The Labute approximate surface area is 130 Å². The molecule has 0 spiro atoms. The second-order valence-electron chi connectivity index (χ2n) is 7.59. The highest BCUT2D eigenvalue weighted by atomic mass is 16.1. The van der Waals surface area contributed by atoms with Crippen LogP contribution < -0.4 is 10.6 Å². The number of pyridine rings is 1. The Balaban J connectivity index is 1.76. The first-order chi connectivity index (χ1) is 10.2. The van der Waals surface area contributed by atoms with Crippen molar-refractivity contribution in [1.29, 1.82) is 0 Å². The van der Waals surface area contributed by atoms with Gasteiger partial charge in [-0.1, -0.05) is 0 Å². The number of aromatic amines is 1. The minimum absolute atomic E-state index is 0.0156. The molecule has 3 N–H and O–H groups in total. The van der Waals surface area contributed by atoms with Gasteiger partial charge in [0.15, 0.2) is 0 Å². The van der Waals surface area contributed by atoms with E-state index in [0.29, 0.717) is 5.69 Å². The van der Waals surface area contributed by atoms with Crippen molar-refractivity contribution in [1.82, 2.24) is 20.6 Å². The van der Waals surface area contributed by atoms with Crippen molar-refractivity contribution in [2.75, 3.05) is 0 Å². The first-order valence-electron chi connectivity index (χ1n) is 7.78. The van der Waals surface area contributed by atoms with Gasteiger partial charge in [-0.25, -0.2) is 0 Å². The highest BCUT2D eigenvalue weighted by molar-refractivity contribution is 5.97. The van der Waals surface area contributed by atoms with Crippen LogP contribution in [0.2, 0.25) is 0 Å². The Bertz CT molecular complexity index is 653. The molecular formula is C17H24N4O. The van der Waals surface area contributed by atoms with Crippen LogP contribution in [0.1, 0.15) is 51.0 Å². The molecule has 0 atom stereocenters. The Morgan fingerprint density at radius 3 is 2.59 bits per heavy atom. The van der Waals surface area contributed by atoms with Crippen molar-refractivity contribution in [3.8, 4) is 0 Å². The van der Waals surface area contributed by atoms with Gasteiger partial charge >= 0.3 is 0 Å². The number of fused-ring (bicyclic) bond motifs is 1. The van der Waals surface area contributed by atoms with Crippen LogP contribution in [0.25, 0.3) is 11.0 Å². The third-order valence-electron chi connectivity index (χ3n) is 4.16. The van der Waals surface area contributed by atoms with Crippen molar-refractivity contribution >= 4 is 16.9 Å². The van der Waals surface area contributed by atoms with Crippen LogP contribution in [-0.4, -0.2) is 33.0 Å². The largest absolute Gasteiger partial charge is 0.349 e. The van der Waals surface area contributed by atoms with Gasteiger partial charge in [-0.3, -0.25) is 9.78 Å². The molecule has 1 aliphatic rings. The zero-order valence-electron chi connectivity index (χ0n) is 13.7. The molecule has 2 aromatic rings. The molecule has 1 saturated heterocycles. The van der Waals surface area contributed by atoms with Crippen LogP contribution >= 0.6 is 0 Å². The number of hydrogen-bond donors (Lipinski definition) is 3. The molecule has 1 fully saturated rings. The number of amides is 1. The van der Waals surface area contributed by atoms with Gasteiger partial charge in [0, 0.05) is 23.3 Å². The van der Waals surface area contributed by atoms with E-state index in [1.54, 1.807) is 6.20 Å². The zero-order chi connectivity index (χ0) is 16.0. The molecule has 0 radical (unpaired) electrons. The first-order valence-corrected chi connectivity index (χ1v) is 7.78. The summed E-state index contributed by atoms with van der Waals surface area (Å²) in [4.78, 5) is 19.9. The van der Waals surface area contributed by atoms with Crippen LogP contribution in [0.4, 0.5) is 0 Å². The Hall–Kier alpha value is -1.88. The van der Waals surface area contributed by atoms with Crippen molar-refractivity contribution in [2.24, 2.45) is 0 Å². The standard InChI is InChI=1S/C17H24N4O/c1-16(2)9-11(10-17(3,4)21-16)19-15(22)14-8-13-12(20-14)6-5-7-18-13/h5-8,11,20-21H,9-10H2,1-4H3,(H,19,22). The second kappa shape index (κ2) is 5.09. The molecule has 3 heterocycles. The van der Waals surface area contributed by atoms with E-state index in [2.05, 4.69) is 48.3 Å². The van der Waals surface area contributed by atoms with Crippen molar-refractivity contribution in [2.45, 2.75) is 57.7 Å². The number of nitrogens with one attached hydrogen (secondary N) is 3. The lowest BCUT2D eigenvalue weighted by Crippen LogP contribution is -2.62. The van der Waals surface area contributed by atoms with E-state index in [0.717, 1.165) is 23.9 Å². The number of carbonyl (C=O) groups is 1. The molecule has 22 heavy (non-hydrogen) atoms. The fourth-order valence-electron chi connectivity index (χ4n) is 3.77. The fraction of sp³-hybridized carbons (Fsp3) is 0.529. The van der Waals surface area contributed by atoms with Crippen LogP contribution in [0.3, 0.4) is 0 Å². The van der Waals surface area contributed by atoms with Crippen LogP contribution in [0, 0.1) is 0 Å². The number of H-pyrrole nitrogens is 1. The predicted molar refractivity (Wildman–Crippen MR) is 87.9 cm³/mol. The summed E-state index contributed by atoms with van der Waals surface area (Å²) in [5.41, 5.74) is 2.31. The summed E-state index contributed by atoms with van der Waals surface area (Å²) in [6.07, 6.45) is 3.57. The van der Waals surface area contributed by atoms with Gasteiger partial charge in [-0.2, -0.15) is 0 Å². The highest BCUT2D eigenvalue weighted by Crippen LogP contribution is 2.28. The van der Waals surface area contributed by atoms with E-state index in [1.807, 2.05) is 18.2 Å². The number of rotatable bonds is 2. The highest BCUT2D eigenvalue weighted by Gasteiger charge is 2.38. The molecular weight excluding hydrogens is 276 g/mol. The van der Waals surface area contributed by atoms with E-state index in [4.69, 9.17) is 0 Å². The van der Waals surface area contributed by atoms with Crippen molar-refractivity contribution in [3.05, 3.63) is 30.1 Å². The summed E-state index contributed by atoms with van der Waals surface area (Å²) in [6, 6.07) is 5.76. The lowest BCUT2D eigenvalue weighted by molar-refractivity contribution is 0.0869. The van der Waals surface area contributed by atoms with Gasteiger partial charge in [0.25, 0.3) is 5.91 Å². The maximum atomic E-state index is 12.5. The Morgan fingerprint density at radius 2 is 1.95 bits per heavy atom. The van der Waals surface area contributed by atoms with Gasteiger partial charge in [0.1, 0.15) is 5.69 Å². The fourth-order valence-corrected chi connectivity index (χ4v) is 3.77. The average molecular weight is 300 g/mol. The number of carbonyl (C=O) groups excluding carboxylic acids is 1. The third kappa shape index (κ3) is 3.14. The molecule has 0 bridgehead atoms. The topological polar surface area (TPSA) is 69.8 Å². The molecule has 3 rings (SSSR count). The average Bonchev–Trinajstić information content (AvgIpc) is 2.78.